The van der Waals surface area contributed by atoms with E-state index in [0.29, 0.717) is 18.7 Å². The number of carbonyl (C=O) groups is 2. The molecule has 0 bridgehead atoms. The first-order chi connectivity index (χ1) is 22.6. The lowest BCUT2D eigenvalue weighted by Gasteiger charge is -2.38. The predicted octanol–water partition coefficient (Wildman–Crippen LogP) is 7.19. The molecule has 4 aromatic carbocycles. The average Bonchev–Trinajstić information content (AvgIpc) is 3.11. The van der Waals surface area contributed by atoms with Crippen LogP contribution in [0.1, 0.15) is 47.9 Å². The normalized spacial score (nSPS) is 14.1. The number of ether oxygens (including phenoxy) is 1. The molecule has 0 spiro atoms. The number of nitrogens with zero attached hydrogens (tertiary/aromatic N) is 2. The number of carbonyl (C=O) groups excluding carboxylic acids is 2. The molecule has 46 heavy (non-hydrogen) atoms. The molecule has 7 heteroatoms. The number of likely N-dealkylation sites (tertiary alicyclic amines) is 1. The Kier molecular flexibility index (Phi) is 12.1. The van der Waals surface area contributed by atoms with Crippen molar-refractivity contribution in [3.05, 3.63) is 143 Å². The standard InChI is InChI=1S/C39H44FN3O3/c40-37-20-11-10-15-34(37)29-32-21-25-42(26-22-32)24-12-23-39(35-16-6-2-7-17-35,36-18-8-3-9-19-36)31-41-43(27-28-44)38(45)46-30-33-13-4-1-5-14-33/h1-11,13-20,28,32,41H,12,21-27,29-31H2. The van der Waals surface area contributed by atoms with Crippen LogP contribution in [0.3, 0.4) is 0 Å². The molecule has 0 unspecified atom stereocenters. The lowest BCUT2D eigenvalue weighted by molar-refractivity contribution is -0.109. The maximum atomic E-state index is 14.2. The van der Waals surface area contributed by atoms with E-state index >= 15 is 0 Å². The number of hydrazine groups is 1. The molecular formula is C39H44FN3O3. The summed E-state index contributed by atoms with van der Waals surface area (Å²) < 4.78 is 19.8. The van der Waals surface area contributed by atoms with Gasteiger partial charge in [0.05, 0.1) is 6.54 Å². The number of piperidine rings is 1. The van der Waals surface area contributed by atoms with E-state index in [1.54, 1.807) is 12.1 Å². The molecule has 1 heterocycles. The van der Waals surface area contributed by atoms with Crippen LogP contribution in [0, 0.1) is 11.7 Å². The van der Waals surface area contributed by atoms with Gasteiger partial charge in [0, 0.05) is 12.0 Å². The van der Waals surface area contributed by atoms with E-state index in [0.717, 1.165) is 74.0 Å². The molecule has 0 saturated carbocycles. The van der Waals surface area contributed by atoms with Gasteiger partial charge in [0.25, 0.3) is 0 Å². The van der Waals surface area contributed by atoms with Crippen LogP contribution < -0.4 is 5.43 Å². The van der Waals surface area contributed by atoms with Crippen molar-refractivity contribution in [1.29, 1.82) is 0 Å². The smallest absolute Gasteiger partial charge is 0.424 e. The van der Waals surface area contributed by atoms with Gasteiger partial charge in [0.2, 0.25) is 0 Å². The third-order valence-corrected chi connectivity index (χ3v) is 9.16. The Morgan fingerprint density at radius 1 is 0.870 bits per heavy atom. The van der Waals surface area contributed by atoms with Crippen LogP contribution in [-0.2, 0) is 28.0 Å². The molecule has 1 fully saturated rings. The highest BCUT2D eigenvalue weighted by molar-refractivity contribution is 5.70. The van der Waals surface area contributed by atoms with Gasteiger partial charge >= 0.3 is 6.09 Å². The van der Waals surface area contributed by atoms with Crippen LogP contribution >= 0.6 is 0 Å². The summed E-state index contributed by atoms with van der Waals surface area (Å²) in [6, 6.07) is 37.4. The number of aldehydes is 1. The maximum absolute atomic E-state index is 14.2. The van der Waals surface area contributed by atoms with Crippen LogP contribution in [0.4, 0.5) is 9.18 Å². The van der Waals surface area contributed by atoms with Gasteiger partial charge in [0.1, 0.15) is 18.7 Å². The number of halogens is 1. The van der Waals surface area contributed by atoms with Crippen molar-refractivity contribution in [3.63, 3.8) is 0 Å². The van der Waals surface area contributed by atoms with Gasteiger partial charge in [-0.15, -0.1) is 0 Å². The molecule has 5 rings (SSSR count). The van der Waals surface area contributed by atoms with Crippen molar-refractivity contribution in [1.82, 2.24) is 15.3 Å². The molecule has 1 N–H and O–H groups in total. The zero-order valence-electron chi connectivity index (χ0n) is 26.4. The topological polar surface area (TPSA) is 61.9 Å². The number of hydrogen-bond acceptors (Lipinski definition) is 5. The zero-order valence-corrected chi connectivity index (χ0v) is 26.4. The molecule has 1 amide bonds. The molecule has 4 aromatic rings. The molecule has 1 aliphatic rings. The van der Waals surface area contributed by atoms with E-state index in [1.165, 1.54) is 5.01 Å². The van der Waals surface area contributed by atoms with Crippen LogP contribution in [0.15, 0.2) is 115 Å². The van der Waals surface area contributed by atoms with Crippen LogP contribution in [0.25, 0.3) is 0 Å². The van der Waals surface area contributed by atoms with Crippen molar-refractivity contribution in [3.8, 4) is 0 Å². The second kappa shape index (κ2) is 16.8. The summed E-state index contributed by atoms with van der Waals surface area (Å²) in [5.41, 5.74) is 6.81. The summed E-state index contributed by atoms with van der Waals surface area (Å²) >= 11 is 0. The SMILES string of the molecule is O=CCN(NCC(CCCN1CCC(Cc2ccccc2F)CC1)(c1ccccc1)c1ccccc1)C(=O)OCc1ccccc1. The van der Waals surface area contributed by atoms with Gasteiger partial charge < -0.3 is 14.4 Å². The Hall–Kier alpha value is -4.33. The summed E-state index contributed by atoms with van der Waals surface area (Å²) in [6.07, 6.45) is 4.80. The monoisotopic (exact) mass is 621 g/mol. The summed E-state index contributed by atoms with van der Waals surface area (Å²) in [6.45, 7) is 3.35. The molecule has 1 saturated heterocycles. The number of amides is 1. The fourth-order valence-electron chi connectivity index (χ4n) is 6.56. The minimum absolute atomic E-state index is 0.104. The lowest BCUT2D eigenvalue weighted by Crippen LogP contribution is -2.51. The van der Waals surface area contributed by atoms with E-state index in [9.17, 15) is 14.0 Å². The quantitative estimate of drug-likeness (QED) is 0.113. The summed E-state index contributed by atoms with van der Waals surface area (Å²) in [4.78, 5) is 27.3. The van der Waals surface area contributed by atoms with Crippen molar-refractivity contribution >= 4 is 12.4 Å². The Labute approximate surface area is 272 Å². The minimum Gasteiger partial charge on any atom is -0.444 e. The third kappa shape index (κ3) is 8.89. The van der Waals surface area contributed by atoms with E-state index in [4.69, 9.17) is 4.74 Å². The van der Waals surface area contributed by atoms with E-state index in [1.807, 2.05) is 78.9 Å². The first-order valence-electron chi connectivity index (χ1n) is 16.3. The predicted molar refractivity (Wildman–Crippen MR) is 180 cm³/mol. The summed E-state index contributed by atoms with van der Waals surface area (Å²) in [7, 11) is 0. The van der Waals surface area contributed by atoms with Gasteiger partial charge in [-0.25, -0.2) is 19.6 Å². The Balaban J connectivity index is 1.27. The lowest BCUT2D eigenvalue weighted by atomic mass is 9.71. The third-order valence-electron chi connectivity index (χ3n) is 9.16. The number of benzene rings is 4. The number of hydrogen-bond donors (Lipinski definition) is 1. The number of nitrogens with one attached hydrogen (secondary N) is 1. The van der Waals surface area contributed by atoms with Crippen LogP contribution in [0.5, 0.6) is 0 Å². The largest absolute Gasteiger partial charge is 0.444 e. The summed E-state index contributed by atoms with van der Waals surface area (Å²) in [5.74, 6) is 0.392. The average molecular weight is 622 g/mol. The van der Waals surface area contributed by atoms with Gasteiger partial charge in [-0.05, 0) is 86.0 Å². The van der Waals surface area contributed by atoms with E-state index in [2.05, 4.69) is 34.6 Å². The Morgan fingerprint density at radius 3 is 2.07 bits per heavy atom. The maximum Gasteiger partial charge on any atom is 0.424 e. The Morgan fingerprint density at radius 2 is 1.46 bits per heavy atom. The fraction of sp³-hybridized carbons (Fsp3) is 0.333. The van der Waals surface area contributed by atoms with Crippen molar-refractivity contribution < 1.29 is 18.7 Å². The van der Waals surface area contributed by atoms with Crippen molar-refractivity contribution in [2.24, 2.45) is 5.92 Å². The van der Waals surface area contributed by atoms with Gasteiger partial charge in [-0.1, -0.05) is 109 Å². The van der Waals surface area contributed by atoms with Crippen molar-refractivity contribution in [2.75, 3.05) is 32.7 Å². The van der Waals surface area contributed by atoms with Crippen molar-refractivity contribution in [2.45, 2.75) is 44.1 Å². The van der Waals surface area contributed by atoms with Crippen LogP contribution in [0.2, 0.25) is 0 Å². The second-order valence-corrected chi connectivity index (χ2v) is 12.2. The minimum atomic E-state index is -0.593. The number of rotatable bonds is 15. The first-order valence-corrected chi connectivity index (χ1v) is 16.3. The van der Waals surface area contributed by atoms with Crippen LogP contribution in [-0.4, -0.2) is 55.0 Å². The molecule has 0 aliphatic carbocycles. The molecule has 0 radical (unpaired) electrons. The van der Waals surface area contributed by atoms with Gasteiger partial charge in [-0.2, -0.15) is 0 Å². The van der Waals surface area contributed by atoms with E-state index < -0.39 is 11.5 Å². The zero-order chi connectivity index (χ0) is 32.0. The highest BCUT2D eigenvalue weighted by Crippen LogP contribution is 2.37. The molecule has 0 atom stereocenters. The Bertz CT molecular complexity index is 1460. The highest BCUT2D eigenvalue weighted by Gasteiger charge is 2.35. The fourth-order valence-corrected chi connectivity index (χ4v) is 6.56. The van der Waals surface area contributed by atoms with Gasteiger partial charge in [-0.3, -0.25) is 0 Å². The highest BCUT2D eigenvalue weighted by atomic mass is 19.1. The summed E-state index contributed by atoms with van der Waals surface area (Å²) in [5, 5.41) is 1.27. The molecule has 1 aliphatic heterocycles. The molecule has 240 valence electrons. The first kappa shape index (κ1) is 33.0. The van der Waals surface area contributed by atoms with Gasteiger partial charge in [0.15, 0.2) is 0 Å². The van der Waals surface area contributed by atoms with E-state index in [-0.39, 0.29) is 19.0 Å². The molecular weight excluding hydrogens is 577 g/mol. The second-order valence-electron chi connectivity index (χ2n) is 12.2. The molecule has 6 nitrogen and oxygen atoms in total. The molecule has 0 aromatic heterocycles.